The summed E-state index contributed by atoms with van der Waals surface area (Å²) in [6.07, 6.45) is 3.47. The fraction of sp³-hybridized carbons (Fsp3) is 0.0435. The zero-order valence-electron chi connectivity index (χ0n) is 16.1. The Bertz CT molecular complexity index is 1240. The third-order valence-electron chi connectivity index (χ3n) is 4.47. The first-order valence-electron chi connectivity index (χ1n) is 9.17. The van der Waals surface area contributed by atoms with E-state index in [1.165, 1.54) is 11.3 Å². The van der Waals surface area contributed by atoms with Crippen LogP contribution in [0.25, 0.3) is 11.3 Å². The predicted molar refractivity (Wildman–Crippen MR) is 119 cm³/mol. The summed E-state index contributed by atoms with van der Waals surface area (Å²) in [6.45, 7) is 1.97. The van der Waals surface area contributed by atoms with E-state index in [2.05, 4.69) is 26.7 Å². The van der Waals surface area contributed by atoms with Gasteiger partial charge in [0.25, 0.3) is 5.91 Å². The monoisotopic (exact) mass is 411 g/mol. The van der Waals surface area contributed by atoms with Crippen LogP contribution in [0.5, 0.6) is 0 Å². The number of hydrogen-bond acceptors (Lipinski definition) is 6. The van der Waals surface area contributed by atoms with Crippen LogP contribution < -0.4 is 10.6 Å². The summed E-state index contributed by atoms with van der Waals surface area (Å²) < 4.78 is 0. The molecular weight excluding hydrogens is 394 g/mol. The quantitative estimate of drug-likeness (QED) is 0.460. The highest BCUT2D eigenvalue weighted by molar-refractivity contribution is 7.14. The summed E-state index contributed by atoms with van der Waals surface area (Å²) in [5.41, 5.74) is 5.26. The molecule has 0 radical (unpaired) electrons. The molecule has 0 saturated carbocycles. The average Bonchev–Trinajstić information content (AvgIpc) is 3.24. The number of nitriles is 1. The van der Waals surface area contributed by atoms with Crippen LogP contribution in [0.15, 0.2) is 72.4 Å². The van der Waals surface area contributed by atoms with Crippen LogP contribution in [0.4, 0.5) is 16.5 Å². The summed E-state index contributed by atoms with van der Waals surface area (Å²) in [4.78, 5) is 21.3. The third kappa shape index (κ3) is 4.35. The van der Waals surface area contributed by atoms with Gasteiger partial charge in [-0.15, -0.1) is 11.3 Å². The molecule has 0 bridgehead atoms. The second kappa shape index (κ2) is 8.55. The first kappa shape index (κ1) is 19.3. The van der Waals surface area contributed by atoms with E-state index >= 15 is 0 Å². The molecule has 4 rings (SSSR count). The minimum absolute atomic E-state index is 0.246. The highest BCUT2D eigenvalue weighted by Gasteiger charge is 2.11. The lowest BCUT2D eigenvalue weighted by molar-refractivity contribution is 0.102. The van der Waals surface area contributed by atoms with Crippen molar-refractivity contribution in [2.75, 3.05) is 10.6 Å². The fourth-order valence-corrected chi connectivity index (χ4v) is 3.60. The van der Waals surface area contributed by atoms with E-state index in [1.54, 1.807) is 48.8 Å². The minimum Gasteiger partial charge on any atom is -0.331 e. The van der Waals surface area contributed by atoms with E-state index in [0.29, 0.717) is 16.8 Å². The van der Waals surface area contributed by atoms with Crippen LogP contribution in [0.2, 0.25) is 0 Å². The number of rotatable bonds is 5. The number of carbonyl (C=O) groups is 1. The van der Waals surface area contributed by atoms with Crippen LogP contribution in [0.3, 0.4) is 0 Å². The predicted octanol–water partition coefficient (Wildman–Crippen LogP) is 5.38. The van der Waals surface area contributed by atoms with Crippen molar-refractivity contribution in [1.82, 2.24) is 9.97 Å². The van der Waals surface area contributed by atoms with Crippen molar-refractivity contribution in [3.05, 3.63) is 89.1 Å². The number of carbonyl (C=O) groups excluding carboxylic acids is 1. The molecule has 2 heterocycles. The number of anilines is 3. The maximum absolute atomic E-state index is 12.7. The van der Waals surface area contributed by atoms with Gasteiger partial charge in [0.05, 0.1) is 17.3 Å². The normalized spacial score (nSPS) is 10.3. The first-order chi connectivity index (χ1) is 14.6. The fourth-order valence-electron chi connectivity index (χ4n) is 2.87. The lowest BCUT2D eigenvalue weighted by Gasteiger charge is -2.10. The van der Waals surface area contributed by atoms with E-state index in [0.717, 1.165) is 27.6 Å². The van der Waals surface area contributed by atoms with Gasteiger partial charge in [-0.1, -0.05) is 12.1 Å². The van der Waals surface area contributed by atoms with Gasteiger partial charge >= 0.3 is 0 Å². The van der Waals surface area contributed by atoms with E-state index in [-0.39, 0.29) is 5.91 Å². The lowest BCUT2D eigenvalue weighted by Crippen LogP contribution is -2.12. The number of nitrogens with zero attached hydrogens (tertiary/aromatic N) is 3. The molecule has 0 aliphatic rings. The zero-order chi connectivity index (χ0) is 20.9. The van der Waals surface area contributed by atoms with Gasteiger partial charge in [-0.05, 0) is 55.0 Å². The second-order valence-electron chi connectivity index (χ2n) is 6.58. The summed E-state index contributed by atoms with van der Waals surface area (Å²) in [5, 5.41) is 17.9. The van der Waals surface area contributed by atoms with Gasteiger partial charge in [0.2, 0.25) is 0 Å². The number of nitrogens with one attached hydrogen (secondary N) is 2. The third-order valence-corrected chi connectivity index (χ3v) is 5.23. The molecular formula is C23H17N5OS. The SMILES string of the molecule is Cc1ccc(C(=O)Nc2cccc(C#N)c2)cc1Nc1nc(-c2ccncc2)cs1. The Morgan fingerprint density at radius 1 is 1.10 bits per heavy atom. The number of amides is 1. The molecule has 0 fully saturated rings. The topological polar surface area (TPSA) is 90.7 Å². The number of benzene rings is 2. The molecule has 1 amide bonds. The molecule has 146 valence electrons. The largest absolute Gasteiger partial charge is 0.331 e. The van der Waals surface area contributed by atoms with Gasteiger partial charge in [-0.3, -0.25) is 9.78 Å². The molecule has 0 aliphatic carbocycles. The maximum atomic E-state index is 12.7. The molecule has 2 aromatic carbocycles. The second-order valence-corrected chi connectivity index (χ2v) is 7.43. The molecule has 6 nitrogen and oxygen atoms in total. The van der Waals surface area contributed by atoms with Crippen LogP contribution in [-0.4, -0.2) is 15.9 Å². The van der Waals surface area contributed by atoms with Crippen molar-refractivity contribution < 1.29 is 4.79 Å². The van der Waals surface area contributed by atoms with Crippen LogP contribution >= 0.6 is 11.3 Å². The summed E-state index contributed by atoms with van der Waals surface area (Å²) in [5.74, 6) is -0.246. The van der Waals surface area contributed by atoms with Crippen molar-refractivity contribution in [2.24, 2.45) is 0 Å². The maximum Gasteiger partial charge on any atom is 0.255 e. The summed E-state index contributed by atoms with van der Waals surface area (Å²) in [7, 11) is 0. The number of thiazole rings is 1. The zero-order valence-corrected chi connectivity index (χ0v) is 16.9. The molecule has 0 unspecified atom stereocenters. The van der Waals surface area contributed by atoms with Crippen molar-refractivity contribution in [1.29, 1.82) is 5.26 Å². The Hall–Kier alpha value is -4.02. The van der Waals surface area contributed by atoms with E-state index in [1.807, 2.05) is 30.5 Å². The average molecular weight is 411 g/mol. The van der Waals surface area contributed by atoms with E-state index < -0.39 is 0 Å². The Labute approximate surface area is 177 Å². The highest BCUT2D eigenvalue weighted by atomic mass is 32.1. The molecule has 2 N–H and O–H groups in total. The van der Waals surface area contributed by atoms with Crippen molar-refractivity contribution in [2.45, 2.75) is 6.92 Å². The number of hydrogen-bond donors (Lipinski definition) is 2. The van der Waals surface area contributed by atoms with Gasteiger partial charge < -0.3 is 10.6 Å². The van der Waals surface area contributed by atoms with Gasteiger partial charge in [0, 0.05) is 40.3 Å². The first-order valence-corrected chi connectivity index (χ1v) is 10.1. The molecule has 2 aromatic heterocycles. The van der Waals surface area contributed by atoms with Crippen LogP contribution in [0.1, 0.15) is 21.5 Å². The molecule has 4 aromatic rings. The smallest absolute Gasteiger partial charge is 0.255 e. The van der Waals surface area contributed by atoms with E-state index in [9.17, 15) is 4.79 Å². The van der Waals surface area contributed by atoms with E-state index in [4.69, 9.17) is 5.26 Å². The molecule has 0 atom stereocenters. The van der Waals surface area contributed by atoms with Crippen LogP contribution in [-0.2, 0) is 0 Å². The van der Waals surface area contributed by atoms with Gasteiger partial charge in [0.1, 0.15) is 0 Å². The molecule has 0 spiro atoms. The lowest BCUT2D eigenvalue weighted by atomic mass is 10.1. The Kier molecular flexibility index (Phi) is 5.50. The van der Waals surface area contributed by atoms with Gasteiger partial charge in [-0.25, -0.2) is 4.98 Å². The Morgan fingerprint density at radius 2 is 1.93 bits per heavy atom. The molecule has 0 saturated heterocycles. The minimum atomic E-state index is -0.246. The number of pyridine rings is 1. The van der Waals surface area contributed by atoms with Gasteiger partial charge in [-0.2, -0.15) is 5.26 Å². The van der Waals surface area contributed by atoms with Crippen molar-refractivity contribution >= 4 is 33.8 Å². The summed E-state index contributed by atoms with van der Waals surface area (Å²) in [6, 6.07) is 18.2. The van der Waals surface area contributed by atoms with Crippen LogP contribution in [0, 0.1) is 18.3 Å². The Balaban J connectivity index is 1.53. The molecule has 0 aliphatic heterocycles. The van der Waals surface area contributed by atoms with Crippen molar-refractivity contribution in [3.8, 4) is 17.3 Å². The molecule has 30 heavy (non-hydrogen) atoms. The highest BCUT2D eigenvalue weighted by Crippen LogP contribution is 2.28. The number of aromatic nitrogens is 2. The number of aryl methyl sites for hydroxylation is 1. The summed E-state index contributed by atoms with van der Waals surface area (Å²) >= 11 is 1.50. The standard InChI is InChI=1S/C23H17N5OS/c1-15-5-6-18(22(29)26-19-4-2-3-16(11-19)13-24)12-20(15)27-23-28-21(14-30-23)17-7-9-25-10-8-17/h2-12,14H,1H3,(H,26,29)(H,27,28). The van der Waals surface area contributed by atoms with Crippen molar-refractivity contribution in [3.63, 3.8) is 0 Å². The Morgan fingerprint density at radius 3 is 2.73 bits per heavy atom. The van der Waals surface area contributed by atoms with Gasteiger partial charge in [0.15, 0.2) is 5.13 Å². The molecule has 7 heteroatoms.